The van der Waals surface area contributed by atoms with Gasteiger partial charge < -0.3 is 15.1 Å². The summed E-state index contributed by atoms with van der Waals surface area (Å²) < 4.78 is 0. The number of nitrogens with zero attached hydrogens (tertiary/aromatic N) is 2. The molecule has 0 aliphatic carbocycles. The lowest BCUT2D eigenvalue weighted by atomic mass is 10.1. The fourth-order valence-corrected chi connectivity index (χ4v) is 3.35. The van der Waals surface area contributed by atoms with Crippen LogP contribution in [0.25, 0.3) is 0 Å². The van der Waals surface area contributed by atoms with Crippen molar-refractivity contribution >= 4 is 11.8 Å². The fourth-order valence-electron chi connectivity index (χ4n) is 3.35. The van der Waals surface area contributed by atoms with E-state index in [2.05, 4.69) is 5.32 Å². The maximum Gasteiger partial charge on any atom is 0.253 e. The number of hydrogen-bond acceptors (Lipinski definition) is 3. The number of carbonyl (C=O) groups excluding carboxylic acids is 2. The molecule has 0 saturated carbocycles. The third-order valence-corrected chi connectivity index (χ3v) is 4.57. The summed E-state index contributed by atoms with van der Waals surface area (Å²) in [6, 6.07) is 8.02. The Morgan fingerprint density at radius 3 is 2.64 bits per heavy atom. The molecular formula is C17H23N3O2. The van der Waals surface area contributed by atoms with Crippen LogP contribution in [0.1, 0.15) is 40.0 Å². The SMILES string of the molecule is CN(C)C(=O)c1cccc(C(=O)N2CCC3CCC(C2)N3)c1. The average molecular weight is 301 g/mol. The minimum Gasteiger partial charge on any atom is -0.345 e. The molecule has 118 valence electrons. The normalized spacial score (nSPS) is 24.0. The molecule has 2 fully saturated rings. The zero-order valence-electron chi connectivity index (χ0n) is 13.2. The molecule has 0 radical (unpaired) electrons. The lowest BCUT2D eigenvalue weighted by Gasteiger charge is -2.24. The van der Waals surface area contributed by atoms with E-state index in [9.17, 15) is 9.59 Å². The van der Waals surface area contributed by atoms with Gasteiger partial charge in [-0.25, -0.2) is 0 Å². The zero-order chi connectivity index (χ0) is 15.7. The maximum absolute atomic E-state index is 12.7. The van der Waals surface area contributed by atoms with E-state index in [0.717, 1.165) is 25.9 Å². The Kier molecular flexibility index (Phi) is 4.16. The van der Waals surface area contributed by atoms with Gasteiger partial charge in [0, 0.05) is 50.4 Å². The Bertz CT molecular complexity index is 585. The van der Waals surface area contributed by atoms with E-state index in [1.165, 1.54) is 11.3 Å². The van der Waals surface area contributed by atoms with Crippen LogP contribution in [0.5, 0.6) is 0 Å². The van der Waals surface area contributed by atoms with Crippen molar-refractivity contribution in [2.75, 3.05) is 27.2 Å². The highest BCUT2D eigenvalue weighted by molar-refractivity contribution is 5.99. The van der Waals surface area contributed by atoms with Crippen LogP contribution in [0.15, 0.2) is 24.3 Å². The van der Waals surface area contributed by atoms with Crippen molar-refractivity contribution in [2.45, 2.75) is 31.3 Å². The molecule has 5 nitrogen and oxygen atoms in total. The summed E-state index contributed by atoms with van der Waals surface area (Å²) in [4.78, 5) is 28.2. The first-order valence-electron chi connectivity index (χ1n) is 7.91. The standard InChI is InChI=1S/C17H23N3O2/c1-19(2)16(21)12-4-3-5-13(10-12)17(22)20-9-8-14-6-7-15(11-20)18-14/h3-5,10,14-15,18H,6-9,11H2,1-2H3. The summed E-state index contributed by atoms with van der Waals surface area (Å²) in [6.45, 7) is 1.56. The number of hydrogen-bond donors (Lipinski definition) is 1. The minimum atomic E-state index is -0.0776. The van der Waals surface area contributed by atoms with E-state index in [-0.39, 0.29) is 11.8 Å². The van der Waals surface area contributed by atoms with Crippen LogP contribution in [-0.2, 0) is 0 Å². The van der Waals surface area contributed by atoms with Gasteiger partial charge in [0.1, 0.15) is 0 Å². The Morgan fingerprint density at radius 2 is 1.86 bits per heavy atom. The first-order chi connectivity index (χ1) is 10.5. The molecule has 2 aliphatic rings. The van der Waals surface area contributed by atoms with Crippen LogP contribution in [0, 0.1) is 0 Å². The molecule has 1 N–H and O–H groups in total. The van der Waals surface area contributed by atoms with Crippen LogP contribution in [-0.4, -0.2) is 60.9 Å². The molecule has 2 amide bonds. The lowest BCUT2D eigenvalue weighted by Crippen LogP contribution is -2.39. The van der Waals surface area contributed by atoms with Crippen LogP contribution in [0.3, 0.4) is 0 Å². The molecule has 3 rings (SSSR count). The molecule has 2 heterocycles. The number of likely N-dealkylation sites (tertiary alicyclic amines) is 1. The van der Waals surface area contributed by atoms with Gasteiger partial charge in [0.05, 0.1) is 0 Å². The molecule has 0 spiro atoms. The number of fused-ring (bicyclic) bond motifs is 2. The van der Waals surface area contributed by atoms with Gasteiger partial charge in [-0.05, 0) is 37.5 Å². The van der Waals surface area contributed by atoms with Crippen molar-refractivity contribution < 1.29 is 9.59 Å². The smallest absolute Gasteiger partial charge is 0.253 e. The van der Waals surface area contributed by atoms with E-state index in [0.29, 0.717) is 23.2 Å². The van der Waals surface area contributed by atoms with Crippen LogP contribution >= 0.6 is 0 Å². The van der Waals surface area contributed by atoms with E-state index in [1.54, 1.807) is 38.4 Å². The van der Waals surface area contributed by atoms with Gasteiger partial charge >= 0.3 is 0 Å². The van der Waals surface area contributed by atoms with Crippen molar-refractivity contribution in [3.05, 3.63) is 35.4 Å². The van der Waals surface area contributed by atoms with Crippen molar-refractivity contribution in [2.24, 2.45) is 0 Å². The zero-order valence-corrected chi connectivity index (χ0v) is 13.2. The topological polar surface area (TPSA) is 52.7 Å². The Morgan fingerprint density at radius 1 is 1.14 bits per heavy atom. The van der Waals surface area contributed by atoms with Gasteiger partial charge in [-0.15, -0.1) is 0 Å². The van der Waals surface area contributed by atoms with Gasteiger partial charge in [0.15, 0.2) is 0 Å². The van der Waals surface area contributed by atoms with E-state index >= 15 is 0 Å². The summed E-state index contributed by atoms with van der Waals surface area (Å²) >= 11 is 0. The highest BCUT2D eigenvalue weighted by atomic mass is 16.2. The van der Waals surface area contributed by atoms with Gasteiger partial charge in [-0.2, -0.15) is 0 Å². The molecule has 2 saturated heterocycles. The van der Waals surface area contributed by atoms with Crippen LogP contribution in [0.2, 0.25) is 0 Å². The second-order valence-electron chi connectivity index (χ2n) is 6.46. The van der Waals surface area contributed by atoms with E-state index in [1.807, 2.05) is 4.90 Å². The number of nitrogens with one attached hydrogen (secondary N) is 1. The van der Waals surface area contributed by atoms with Crippen LogP contribution < -0.4 is 5.32 Å². The Labute approximate surface area is 131 Å². The van der Waals surface area contributed by atoms with Crippen LogP contribution in [0.4, 0.5) is 0 Å². The first-order valence-corrected chi connectivity index (χ1v) is 7.91. The number of rotatable bonds is 2. The average Bonchev–Trinajstić information content (AvgIpc) is 2.85. The molecule has 1 aromatic carbocycles. The second-order valence-corrected chi connectivity index (χ2v) is 6.46. The summed E-state index contributed by atoms with van der Waals surface area (Å²) in [5.41, 5.74) is 1.16. The highest BCUT2D eigenvalue weighted by Gasteiger charge is 2.31. The molecule has 2 bridgehead atoms. The van der Waals surface area contributed by atoms with Crippen molar-refractivity contribution in [3.8, 4) is 0 Å². The number of benzene rings is 1. The van der Waals surface area contributed by atoms with Gasteiger partial charge in [0.25, 0.3) is 11.8 Å². The molecule has 5 heteroatoms. The molecule has 1 aromatic rings. The van der Waals surface area contributed by atoms with Gasteiger partial charge in [-0.1, -0.05) is 6.07 Å². The summed E-state index contributed by atoms with van der Waals surface area (Å²) in [6.07, 6.45) is 3.38. The Balaban J connectivity index is 1.77. The molecule has 2 aliphatic heterocycles. The molecule has 22 heavy (non-hydrogen) atoms. The van der Waals surface area contributed by atoms with Gasteiger partial charge in [0.2, 0.25) is 0 Å². The summed E-state index contributed by atoms with van der Waals surface area (Å²) in [5.74, 6) is -0.0472. The minimum absolute atomic E-state index is 0.0303. The largest absolute Gasteiger partial charge is 0.345 e. The predicted octanol–water partition coefficient (Wildman–Crippen LogP) is 1.35. The first kappa shape index (κ1) is 15.0. The lowest BCUT2D eigenvalue weighted by molar-refractivity contribution is 0.0748. The Hall–Kier alpha value is -1.88. The van der Waals surface area contributed by atoms with Crippen molar-refractivity contribution in [1.82, 2.24) is 15.1 Å². The quantitative estimate of drug-likeness (QED) is 0.897. The predicted molar refractivity (Wildman–Crippen MR) is 84.9 cm³/mol. The molecule has 2 unspecified atom stereocenters. The maximum atomic E-state index is 12.7. The van der Waals surface area contributed by atoms with E-state index < -0.39 is 0 Å². The second kappa shape index (κ2) is 6.08. The van der Waals surface area contributed by atoms with E-state index in [4.69, 9.17) is 0 Å². The summed E-state index contributed by atoms with van der Waals surface area (Å²) in [7, 11) is 3.43. The number of carbonyl (C=O) groups is 2. The third-order valence-electron chi connectivity index (χ3n) is 4.57. The summed E-state index contributed by atoms with van der Waals surface area (Å²) in [5, 5.41) is 3.58. The highest BCUT2D eigenvalue weighted by Crippen LogP contribution is 2.22. The molecular weight excluding hydrogens is 278 g/mol. The number of amides is 2. The van der Waals surface area contributed by atoms with Gasteiger partial charge in [-0.3, -0.25) is 9.59 Å². The fraction of sp³-hybridized carbons (Fsp3) is 0.529. The monoisotopic (exact) mass is 301 g/mol. The van der Waals surface area contributed by atoms with Crippen molar-refractivity contribution in [1.29, 1.82) is 0 Å². The third kappa shape index (κ3) is 2.99. The van der Waals surface area contributed by atoms with Crippen molar-refractivity contribution in [3.63, 3.8) is 0 Å². The molecule has 0 aromatic heterocycles. The molecule has 2 atom stereocenters.